The van der Waals surface area contributed by atoms with Crippen molar-refractivity contribution in [2.75, 3.05) is 0 Å². The molecule has 94 valence electrons. The Bertz CT molecular complexity index is 543. The predicted octanol–water partition coefficient (Wildman–Crippen LogP) is 3.90. The number of allylic oxidation sites excluding steroid dienone is 2. The summed E-state index contributed by atoms with van der Waals surface area (Å²) in [7, 11) is 0. The molecule has 2 aliphatic carbocycles. The van der Waals surface area contributed by atoms with Crippen molar-refractivity contribution in [1.29, 1.82) is 0 Å². The first-order valence-electron chi connectivity index (χ1n) is 6.38. The molecule has 1 fully saturated rings. The lowest BCUT2D eigenvalue weighted by Gasteiger charge is -2.22. The number of halogens is 1. The highest BCUT2D eigenvalue weighted by molar-refractivity contribution is 9.10. The summed E-state index contributed by atoms with van der Waals surface area (Å²) in [6.45, 7) is 0. The molecule has 0 saturated heterocycles. The summed E-state index contributed by atoms with van der Waals surface area (Å²) >= 11 is 3.47. The van der Waals surface area contributed by atoms with Crippen LogP contribution in [0.2, 0.25) is 0 Å². The summed E-state index contributed by atoms with van der Waals surface area (Å²) in [5.74, 6) is -0.342. The average Bonchev–Trinajstić information content (AvgIpc) is 3.09. The van der Waals surface area contributed by atoms with E-state index in [0.29, 0.717) is 11.0 Å². The van der Waals surface area contributed by atoms with Crippen LogP contribution in [0.1, 0.15) is 48.0 Å². The van der Waals surface area contributed by atoms with Crippen LogP contribution in [0.15, 0.2) is 28.7 Å². The Balaban J connectivity index is 1.98. The molecule has 0 radical (unpaired) electrons. The highest BCUT2D eigenvalue weighted by Crippen LogP contribution is 2.56. The van der Waals surface area contributed by atoms with Gasteiger partial charge in [0.1, 0.15) is 0 Å². The van der Waals surface area contributed by atoms with Gasteiger partial charge in [-0.3, -0.25) is 4.79 Å². The van der Waals surface area contributed by atoms with Crippen molar-refractivity contribution < 1.29 is 4.79 Å². The third kappa shape index (κ3) is 2.12. The van der Waals surface area contributed by atoms with Crippen LogP contribution in [0.25, 0.3) is 5.57 Å². The van der Waals surface area contributed by atoms with Gasteiger partial charge in [-0.2, -0.15) is 0 Å². The Morgan fingerprint density at radius 3 is 2.61 bits per heavy atom. The van der Waals surface area contributed by atoms with Crippen molar-refractivity contribution in [3.63, 3.8) is 0 Å². The van der Waals surface area contributed by atoms with Crippen LogP contribution in [-0.4, -0.2) is 5.91 Å². The van der Waals surface area contributed by atoms with Gasteiger partial charge in [0.15, 0.2) is 0 Å². The average molecular weight is 306 g/mol. The van der Waals surface area contributed by atoms with Gasteiger partial charge in [0.05, 0.1) is 0 Å². The molecule has 0 aromatic heterocycles. The minimum Gasteiger partial charge on any atom is -0.366 e. The first-order chi connectivity index (χ1) is 8.60. The van der Waals surface area contributed by atoms with E-state index in [4.69, 9.17) is 5.73 Å². The number of carbonyl (C=O) groups excluding carboxylic acids is 1. The predicted molar refractivity (Wildman–Crippen MR) is 76.2 cm³/mol. The van der Waals surface area contributed by atoms with Gasteiger partial charge in [-0.05, 0) is 66.9 Å². The molecule has 0 unspecified atom stereocenters. The number of rotatable bonds is 2. The maximum absolute atomic E-state index is 11.5. The number of benzene rings is 1. The van der Waals surface area contributed by atoms with Gasteiger partial charge in [0, 0.05) is 10.0 Å². The second-order valence-electron chi connectivity index (χ2n) is 5.49. The first-order valence-corrected chi connectivity index (χ1v) is 7.18. The quantitative estimate of drug-likeness (QED) is 0.885. The topological polar surface area (TPSA) is 43.1 Å². The number of primary amides is 1. The lowest BCUT2D eigenvalue weighted by Crippen LogP contribution is -2.14. The fourth-order valence-electron chi connectivity index (χ4n) is 2.82. The molecule has 1 amide bonds. The van der Waals surface area contributed by atoms with Gasteiger partial charge in [0.25, 0.3) is 0 Å². The lowest BCUT2D eigenvalue weighted by atomic mass is 9.83. The molecule has 0 bridgehead atoms. The zero-order valence-electron chi connectivity index (χ0n) is 10.2. The highest BCUT2D eigenvalue weighted by Gasteiger charge is 2.42. The van der Waals surface area contributed by atoms with Crippen LogP contribution in [0.5, 0.6) is 0 Å². The summed E-state index contributed by atoms with van der Waals surface area (Å²) < 4.78 is 0.995. The summed E-state index contributed by atoms with van der Waals surface area (Å²) in [4.78, 5) is 11.5. The maximum atomic E-state index is 11.5. The smallest absolute Gasteiger partial charge is 0.249 e. The second-order valence-corrected chi connectivity index (χ2v) is 6.40. The van der Waals surface area contributed by atoms with Gasteiger partial charge in [-0.1, -0.05) is 22.0 Å². The normalized spacial score (nSPS) is 20.6. The molecule has 0 heterocycles. The lowest BCUT2D eigenvalue weighted by molar-refractivity contribution is 0.1000. The van der Waals surface area contributed by atoms with Gasteiger partial charge >= 0.3 is 0 Å². The summed E-state index contributed by atoms with van der Waals surface area (Å²) in [6.07, 6.45) is 8.54. The SMILES string of the molecule is NC(=O)c1ccc(Br)cc1C1=CCC2(CC1)CC2. The third-order valence-corrected chi connectivity index (χ3v) is 4.75. The molecule has 3 heteroatoms. The van der Waals surface area contributed by atoms with E-state index in [2.05, 4.69) is 22.0 Å². The largest absolute Gasteiger partial charge is 0.366 e. The molecule has 3 rings (SSSR count). The van der Waals surface area contributed by atoms with E-state index in [1.54, 1.807) is 0 Å². The molecule has 2 N–H and O–H groups in total. The van der Waals surface area contributed by atoms with E-state index >= 15 is 0 Å². The van der Waals surface area contributed by atoms with Crippen molar-refractivity contribution in [3.05, 3.63) is 39.9 Å². The van der Waals surface area contributed by atoms with Crippen molar-refractivity contribution in [2.24, 2.45) is 11.1 Å². The van der Waals surface area contributed by atoms with Gasteiger partial charge in [0.2, 0.25) is 5.91 Å². The Morgan fingerprint density at radius 2 is 2.06 bits per heavy atom. The van der Waals surface area contributed by atoms with E-state index in [1.807, 2.05) is 18.2 Å². The number of hydrogen-bond acceptors (Lipinski definition) is 1. The van der Waals surface area contributed by atoms with Crippen LogP contribution < -0.4 is 5.73 Å². The van der Waals surface area contributed by atoms with Crippen molar-refractivity contribution in [1.82, 2.24) is 0 Å². The Hall–Kier alpha value is -1.09. The molecule has 1 saturated carbocycles. The van der Waals surface area contributed by atoms with E-state index in [1.165, 1.54) is 24.8 Å². The van der Waals surface area contributed by atoms with Crippen LogP contribution in [0, 0.1) is 5.41 Å². The van der Waals surface area contributed by atoms with Crippen LogP contribution >= 0.6 is 15.9 Å². The zero-order chi connectivity index (χ0) is 12.8. The van der Waals surface area contributed by atoms with E-state index in [-0.39, 0.29) is 5.91 Å². The molecule has 1 aromatic carbocycles. The molecule has 2 nitrogen and oxygen atoms in total. The maximum Gasteiger partial charge on any atom is 0.249 e. The molecule has 18 heavy (non-hydrogen) atoms. The van der Waals surface area contributed by atoms with Gasteiger partial charge in [-0.15, -0.1) is 0 Å². The summed E-state index contributed by atoms with van der Waals surface area (Å²) in [5, 5.41) is 0. The van der Waals surface area contributed by atoms with E-state index in [9.17, 15) is 4.79 Å². The van der Waals surface area contributed by atoms with Crippen LogP contribution in [0.4, 0.5) is 0 Å². The van der Waals surface area contributed by atoms with E-state index < -0.39 is 0 Å². The number of carbonyl (C=O) groups is 1. The second kappa shape index (κ2) is 4.23. The molecule has 0 atom stereocenters. The fraction of sp³-hybridized carbons (Fsp3) is 0.400. The first kappa shape index (κ1) is 12.0. The molecule has 1 aromatic rings. The Kier molecular flexibility index (Phi) is 2.81. The van der Waals surface area contributed by atoms with Crippen molar-refractivity contribution in [3.8, 4) is 0 Å². The molecule has 0 aliphatic heterocycles. The molecule has 1 spiro atoms. The van der Waals surface area contributed by atoms with Gasteiger partial charge in [-0.25, -0.2) is 0 Å². The summed E-state index contributed by atoms with van der Waals surface area (Å²) in [6, 6.07) is 5.69. The van der Waals surface area contributed by atoms with E-state index in [0.717, 1.165) is 22.9 Å². The molecular weight excluding hydrogens is 290 g/mol. The molecule has 2 aliphatic rings. The number of hydrogen-bond donors (Lipinski definition) is 1. The van der Waals surface area contributed by atoms with Crippen molar-refractivity contribution >= 4 is 27.4 Å². The fourth-order valence-corrected chi connectivity index (χ4v) is 3.18. The Morgan fingerprint density at radius 1 is 1.28 bits per heavy atom. The minimum absolute atomic E-state index is 0.342. The monoisotopic (exact) mass is 305 g/mol. The van der Waals surface area contributed by atoms with Gasteiger partial charge < -0.3 is 5.73 Å². The highest BCUT2D eigenvalue weighted by atomic mass is 79.9. The van der Waals surface area contributed by atoms with Crippen LogP contribution in [0.3, 0.4) is 0 Å². The summed E-state index contributed by atoms with van der Waals surface area (Å²) in [5.41, 5.74) is 8.99. The van der Waals surface area contributed by atoms with Crippen molar-refractivity contribution in [2.45, 2.75) is 32.1 Å². The molecular formula is C15H16BrNO. The van der Waals surface area contributed by atoms with Crippen LogP contribution in [-0.2, 0) is 0 Å². The Labute approximate surface area is 115 Å². The number of nitrogens with two attached hydrogens (primary N) is 1. The minimum atomic E-state index is -0.342. The standard InChI is InChI=1S/C15H16BrNO/c16-11-1-2-12(14(17)18)13(9-11)10-3-5-15(6-4-10)7-8-15/h1-3,9H,4-8H2,(H2,17,18). The third-order valence-electron chi connectivity index (χ3n) is 4.26. The zero-order valence-corrected chi connectivity index (χ0v) is 11.8. The number of amides is 1.